The highest BCUT2D eigenvalue weighted by Gasteiger charge is 2.15. The normalized spacial score (nSPS) is 14.7. The van der Waals surface area contributed by atoms with Crippen LogP contribution in [0, 0.1) is 0 Å². The fraction of sp³-hybridized carbons (Fsp3) is 0.939. The monoisotopic (exact) mass is 541 g/mol. The van der Waals surface area contributed by atoms with Crippen LogP contribution in [0.4, 0.5) is 0 Å². The molecular weight excluding hydrogens is 472 g/mol. The maximum Gasteiger partial charge on any atom is 0.0664 e. The predicted octanol–water partition coefficient (Wildman–Crippen LogP) is 7.33. The van der Waals surface area contributed by atoms with Crippen LogP contribution in [0.2, 0.25) is 0 Å². The Morgan fingerprint density at radius 2 is 0.816 bits per heavy atom. The molecule has 3 atom stereocenters. The number of aliphatic hydroxyl groups excluding tert-OH is 3. The van der Waals surface area contributed by atoms with Crippen molar-refractivity contribution in [1.29, 1.82) is 0 Å². The van der Waals surface area contributed by atoms with Crippen molar-refractivity contribution in [3.63, 3.8) is 0 Å². The second-order valence-corrected chi connectivity index (χ2v) is 11.5. The van der Waals surface area contributed by atoms with Crippen LogP contribution in [-0.4, -0.2) is 82.7 Å². The highest BCUT2D eigenvalue weighted by atomic mass is 16.3. The molecule has 0 radical (unpaired) electrons. The average Bonchev–Trinajstić information content (AvgIpc) is 2.92. The molecule has 0 amide bonds. The van der Waals surface area contributed by atoms with E-state index in [0.29, 0.717) is 13.1 Å². The van der Waals surface area contributed by atoms with Gasteiger partial charge in [-0.05, 0) is 77.4 Å². The number of hydrogen-bond acceptors (Lipinski definition) is 5. The second kappa shape index (κ2) is 28.1. The number of nitrogens with zero attached hydrogens (tertiary/aromatic N) is 2. The van der Waals surface area contributed by atoms with Gasteiger partial charge in [-0.15, -0.1) is 0 Å². The van der Waals surface area contributed by atoms with Crippen LogP contribution in [-0.2, 0) is 0 Å². The quantitative estimate of drug-likeness (QED) is 0.0684. The summed E-state index contributed by atoms with van der Waals surface area (Å²) < 4.78 is 0. The summed E-state index contributed by atoms with van der Waals surface area (Å²) in [7, 11) is 0. The van der Waals surface area contributed by atoms with Crippen molar-refractivity contribution in [2.24, 2.45) is 0 Å². The minimum absolute atomic E-state index is 0.260. The molecule has 0 aliphatic carbocycles. The van der Waals surface area contributed by atoms with Crippen LogP contribution in [0.5, 0.6) is 0 Å². The van der Waals surface area contributed by atoms with Crippen LogP contribution in [0.15, 0.2) is 12.2 Å². The molecule has 0 aromatic carbocycles. The number of hydrogen-bond donors (Lipinski definition) is 3. The van der Waals surface area contributed by atoms with Gasteiger partial charge in [0.1, 0.15) is 0 Å². The van der Waals surface area contributed by atoms with Crippen molar-refractivity contribution in [1.82, 2.24) is 9.80 Å². The minimum atomic E-state index is -0.335. The molecule has 0 saturated heterocycles. The highest BCUT2D eigenvalue weighted by molar-refractivity contribution is 4.81. The zero-order valence-electron chi connectivity index (χ0n) is 26.1. The maximum absolute atomic E-state index is 10.2. The van der Waals surface area contributed by atoms with E-state index in [4.69, 9.17) is 0 Å². The molecule has 228 valence electrons. The lowest BCUT2D eigenvalue weighted by molar-refractivity contribution is 0.0615. The van der Waals surface area contributed by atoms with Gasteiger partial charge in [0.15, 0.2) is 0 Å². The van der Waals surface area contributed by atoms with E-state index in [9.17, 15) is 15.3 Å². The Labute approximate surface area is 238 Å². The van der Waals surface area contributed by atoms with E-state index in [0.717, 1.165) is 51.9 Å². The van der Waals surface area contributed by atoms with Crippen molar-refractivity contribution >= 4 is 0 Å². The summed E-state index contributed by atoms with van der Waals surface area (Å²) in [5.74, 6) is 0. The molecule has 0 fully saturated rings. The van der Waals surface area contributed by atoms with Crippen molar-refractivity contribution in [2.45, 2.75) is 162 Å². The van der Waals surface area contributed by atoms with Crippen molar-refractivity contribution < 1.29 is 15.3 Å². The van der Waals surface area contributed by atoms with Crippen molar-refractivity contribution in [3.05, 3.63) is 12.2 Å². The Kier molecular flexibility index (Phi) is 27.7. The molecular formula is C33H68N2O3. The van der Waals surface area contributed by atoms with Crippen LogP contribution in [0.3, 0.4) is 0 Å². The smallest absolute Gasteiger partial charge is 0.0664 e. The van der Waals surface area contributed by atoms with Gasteiger partial charge < -0.3 is 20.2 Å². The third kappa shape index (κ3) is 24.6. The first-order valence-corrected chi connectivity index (χ1v) is 16.6. The van der Waals surface area contributed by atoms with Gasteiger partial charge in [0.05, 0.1) is 18.3 Å². The van der Waals surface area contributed by atoms with E-state index < -0.39 is 0 Å². The summed E-state index contributed by atoms with van der Waals surface area (Å²) >= 11 is 0. The fourth-order valence-electron chi connectivity index (χ4n) is 4.93. The topological polar surface area (TPSA) is 67.2 Å². The molecule has 0 aromatic heterocycles. The van der Waals surface area contributed by atoms with E-state index in [1.54, 1.807) is 0 Å². The maximum atomic E-state index is 10.2. The van der Waals surface area contributed by atoms with E-state index in [-0.39, 0.29) is 18.3 Å². The van der Waals surface area contributed by atoms with E-state index in [1.807, 2.05) is 20.8 Å². The third-order valence-corrected chi connectivity index (χ3v) is 7.76. The van der Waals surface area contributed by atoms with Gasteiger partial charge in [-0.1, -0.05) is 97.6 Å². The minimum Gasteiger partial charge on any atom is -0.392 e. The lowest BCUT2D eigenvalue weighted by Crippen LogP contribution is -2.40. The van der Waals surface area contributed by atoms with Crippen molar-refractivity contribution in [3.8, 4) is 0 Å². The van der Waals surface area contributed by atoms with E-state index in [1.165, 1.54) is 89.9 Å². The Bertz CT molecular complexity index is 491. The second-order valence-electron chi connectivity index (χ2n) is 11.5. The lowest BCUT2D eigenvalue weighted by Gasteiger charge is -2.29. The SMILES string of the molecule is CCCCCCCCC=CCCCCCCCCN(CCCN(CC(O)CC)CC(O)CC)CC(O)CC. The largest absolute Gasteiger partial charge is 0.392 e. The number of unbranched alkanes of at least 4 members (excludes halogenated alkanes) is 12. The Morgan fingerprint density at radius 3 is 1.29 bits per heavy atom. The molecule has 3 unspecified atom stereocenters. The molecule has 3 N–H and O–H groups in total. The number of allylic oxidation sites excluding steroid dienone is 2. The molecule has 5 heteroatoms. The zero-order valence-corrected chi connectivity index (χ0v) is 26.1. The predicted molar refractivity (Wildman–Crippen MR) is 166 cm³/mol. The van der Waals surface area contributed by atoms with Gasteiger partial charge in [-0.25, -0.2) is 0 Å². The summed E-state index contributed by atoms with van der Waals surface area (Å²) in [6.07, 6.45) is 25.7. The van der Waals surface area contributed by atoms with Gasteiger partial charge >= 0.3 is 0 Å². The van der Waals surface area contributed by atoms with Crippen molar-refractivity contribution in [2.75, 3.05) is 39.3 Å². The van der Waals surface area contributed by atoms with Crippen LogP contribution < -0.4 is 0 Å². The molecule has 5 nitrogen and oxygen atoms in total. The summed E-state index contributed by atoms with van der Waals surface area (Å²) in [4.78, 5) is 4.63. The highest BCUT2D eigenvalue weighted by Crippen LogP contribution is 2.11. The molecule has 0 spiro atoms. The first kappa shape index (κ1) is 37.5. The van der Waals surface area contributed by atoms with Gasteiger partial charge in [0, 0.05) is 19.6 Å². The molecule has 0 saturated carbocycles. The van der Waals surface area contributed by atoms with Gasteiger partial charge in [0.25, 0.3) is 0 Å². The number of rotatable bonds is 29. The van der Waals surface area contributed by atoms with Gasteiger partial charge in [0.2, 0.25) is 0 Å². The van der Waals surface area contributed by atoms with Gasteiger partial charge in [-0.3, -0.25) is 4.90 Å². The summed E-state index contributed by atoms with van der Waals surface area (Å²) in [5.41, 5.74) is 0. The summed E-state index contributed by atoms with van der Waals surface area (Å²) in [5, 5.41) is 30.5. The van der Waals surface area contributed by atoms with Crippen LogP contribution in [0.25, 0.3) is 0 Å². The average molecular weight is 541 g/mol. The zero-order chi connectivity index (χ0) is 28.3. The molecule has 0 aliphatic heterocycles. The van der Waals surface area contributed by atoms with Crippen LogP contribution in [0.1, 0.15) is 143 Å². The Morgan fingerprint density at radius 1 is 0.447 bits per heavy atom. The van der Waals surface area contributed by atoms with Gasteiger partial charge in [-0.2, -0.15) is 0 Å². The molecule has 0 bridgehead atoms. The first-order valence-electron chi connectivity index (χ1n) is 16.6. The summed E-state index contributed by atoms with van der Waals surface area (Å²) in [6.45, 7) is 13.2. The Balaban J connectivity index is 4.06. The molecule has 0 rings (SSSR count). The molecule has 0 aromatic rings. The van der Waals surface area contributed by atoms with E-state index >= 15 is 0 Å². The summed E-state index contributed by atoms with van der Waals surface area (Å²) in [6, 6.07) is 0. The standard InChI is InChI=1S/C33H68N2O3/c1-5-9-10-11-12-13-14-15-16-17-18-19-20-21-22-23-25-34(28-31(36)6-2)26-24-27-35(29-32(37)7-3)30-33(38)8-4/h15-16,31-33,36-38H,5-14,17-30H2,1-4H3. The first-order chi connectivity index (χ1) is 18.5. The Hall–Kier alpha value is -0.460. The number of aliphatic hydroxyl groups is 3. The molecule has 0 aliphatic rings. The lowest BCUT2D eigenvalue weighted by atomic mass is 10.1. The van der Waals surface area contributed by atoms with Crippen LogP contribution >= 0.6 is 0 Å². The third-order valence-electron chi connectivity index (χ3n) is 7.76. The molecule has 0 heterocycles. The fourth-order valence-corrected chi connectivity index (χ4v) is 4.93. The molecule has 38 heavy (non-hydrogen) atoms. The van der Waals surface area contributed by atoms with E-state index in [2.05, 4.69) is 28.9 Å².